The molecule has 1 rings (SSSR count). The molecule has 1 heterocycles. The molecule has 15 heavy (non-hydrogen) atoms. The van der Waals surface area contributed by atoms with E-state index in [-0.39, 0.29) is 11.6 Å². The van der Waals surface area contributed by atoms with Crippen molar-refractivity contribution in [2.45, 2.75) is 38.3 Å². The summed E-state index contributed by atoms with van der Waals surface area (Å²) < 4.78 is 30.7. The molecular weight excluding hydrogens is 216 g/mol. The first-order valence-corrected chi connectivity index (χ1v) is 6.51. The van der Waals surface area contributed by atoms with Crippen molar-refractivity contribution >= 4 is 10.0 Å². The van der Waals surface area contributed by atoms with Gasteiger partial charge in [-0.15, -0.1) is 0 Å². The molecule has 0 saturated carbocycles. The van der Waals surface area contributed by atoms with Gasteiger partial charge in [-0.05, 0) is 26.7 Å². The summed E-state index contributed by atoms with van der Waals surface area (Å²) in [4.78, 5) is 0. The Kier molecular flexibility index (Phi) is 3.71. The molecule has 1 aliphatic heterocycles. The van der Waals surface area contributed by atoms with E-state index in [2.05, 4.69) is 4.72 Å². The molecule has 1 fully saturated rings. The highest BCUT2D eigenvalue weighted by molar-refractivity contribution is 7.89. The van der Waals surface area contributed by atoms with E-state index in [9.17, 15) is 8.42 Å². The molecular formula is C9H16N2O3S. The van der Waals surface area contributed by atoms with Gasteiger partial charge in [0.1, 0.15) is 0 Å². The second-order valence-electron chi connectivity index (χ2n) is 4.33. The fraction of sp³-hybridized carbons (Fsp3) is 0.889. The highest BCUT2D eigenvalue weighted by Gasteiger charge is 2.30. The van der Waals surface area contributed by atoms with Crippen molar-refractivity contribution in [1.29, 1.82) is 5.26 Å². The first-order valence-electron chi connectivity index (χ1n) is 4.85. The van der Waals surface area contributed by atoms with Gasteiger partial charge in [-0.3, -0.25) is 0 Å². The Labute approximate surface area is 90.5 Å². The summed E-state index contributed by atoms with van der Waals surface area (Å²) in [5.74, 6) is -0.481. The molecule has 1 atom stereocenters. The number of nitriles is 1. The minimum atomic E-state index is -3.45. The number of nitrogens with zero attached hydrogens (tertiary/aromatic N) is 1. The SMILES string of the molecule is CC1(C)CC(NS(=O)(=O)CC#N)CCO1. The number of hydrogen-bond acceptors (Lipinski definition) is 4. The van der Waals surface area contributed by atoms with Crippen molar-refractivity contribution in [3.05, 3.63) is 0 Å². The quantitative estimate of drug-likeness (QED) is 0.763. The van der Waals surface area contributed by atoms with Crippen LogP contribution in [0, 0.1) is 11.3 Å². The van der Waals surface area contributed by atoms with Crippen LogP contribution < -0.4 is 4.72 Å². The maximum Gasteiger partial charge on any atom is 0.225 e. The zero-order chi connectivity index (χ0) is 11.5. The lowest BCUT2D eigenvalue weighted by Gasteiger charge is -2.35. The molecule has 0 spiro atoms. The smallest absolute Gasteiger partial charge is 0.225 e. The van der Waals surface area contributed by atoms with Gasteiger partial charge in [0.2, 0.25) is 10.0 Å². The molecule has 0 radical (unpaired) electrons. The molecule has 1 N–H and O–H groups in total. The highest BCUT2D eigenvalue weighted by Crippen LogP contribution is 2.24. The molecule has 1 saturated heterocycles. The zero-order valence-corrected chi connectivity index (χ0v) is 9.80. The van der Waals surface area contributed by atoms with Gasteiger partial charge in [0.25, 0.3) is 0 Å². The van der Waals surface area contributed by atoms with Crippen LogP contribution in [0.15, 0.2) is 0 Å². The summed E-state index contributed by atoms with van der Waals surface area (Å²) in [6.45, 7) is 4.41. The van der Waals surface area contributed by atoms with E-state index in [1.54, 1.807) is 6.07 Å². The van der Waals surface area contributed by atoms with Crippen LogP contribution in [0.2, 0.25) is 0 Å². The number of ether oxygens (including phenoxy) is 1. The minimum absolute atomic E-state index is 0.118. The molecule has 0 aliphatic carbocycles. The van der Waals surface area contributed by atoms with Gasteiger partial charge in [0.05, 0.1) is 11.7 Å². The van der Waals surface area contributed by atoms with Crippen LogP contribution in [-0.4, -0.2) is 32.4 Å². The average molecular weight is 232 g/mol. The van der Waals surface area contributed by atoms with Crippen molar-refractivity contribution in [2.75, 3.05) is 12.4 Å². The molecule has 86 valence electrons. The molecule has 1 unspecified atom stereocenters. The molecule has 0 bridgehead atoms. The predicted octanol–water partition coefficient (Wildman–Crippen LogP) is 0.387. The lowest BCUT2D eigenvalue weighted by Crippen LogP contribution is -2.46. The molecule has 6 heteroatoms. The Morgan fingerprint density at radius 1 is 1.60 bits per heavy atom. The standard InChI is InChI=1S/C9H16N2O3S/c1-9(2)7-8(3-5-14-9)11-15(12,13)6-4-10/h8,11H,3,5-7H2,1-2H3. The van der Waals surface area contributed by atoms with Crippen molar-refractivity contribution in [3.8, 4) is 6.07 Å². The van der Waals surface area contributed by atoms with Crippen LogP contribution in [-0.2, 0) is 14.8 Å². The summed E-state index contributed by atoms with van der Waals surface area (Å²) in [6.07, 6.45) is 1.30. The maximum absolute atomic E-state index is 11.3. The summed E-state index contributed by atoms with van der Waals surface area (Å²) in [5.41, 5.74) is -0.294. The lowest BCUT2D eigenvalue weighted by atomic mass is 9.95. The maximum atomic E-state index is 11.3. The van der Waals surface area contributed by atoms with Crippen molar-refractivity contribution in [3.63, 3.8) is 0 Å². The zero-order valence-electron chi connectivity index (χ0n) is 8.99. The van der Waals surface area contributed by atoms with Crippen molar-refractivity contribution in [1.82, 2.24) is 4.72 Å². The van der Waals surface area contributed by atoms with Crippen LogP contribution in [0.25, 0.3) is 0 Å². The summed E-state index contributed by atoms with van der Waals surface area (Å²) in [7, 11) is -3.45. The van der Waals surface area contributed by atoms with E-state index < -0.39 is 15.8 Å². The monoisotopic (exact) mass is 232 g/mol. The number of rotatable bonds is 3. The third-order valence-corrected chi connectivity index (χ3v) is 3.50. The molecule has 0 aromatic carbocycles. The van der Waals surface area contributed by atoms with Crippen LogP contribution in [0.5, 0.6) is 0 Å². The van der Waals surface area contributed by atoms with Gasteiger partial charge in [-0.25, -0.2) is 13.1 Å². The third-order valence-electron chi connectivity index (χ3n) is 2.30. The molecule has 1 aliphatic rings. The van der Waals surface area contributed by atoms with E-state index in [4.69, 9.17) is 10.00 Å². The van der Waals surface area contributed by atoms with Crippen molar-refractivity contribution in [2.24, 2.45) is 0 Å². The van der Waals surface area contributed by atoms with E-state index in [1.807, 2.05) is 13.8 Å². The largest absolute Gasteiger partial charge is 0.375 e. The van der Waals surface area contributed by atoms with E-state index >= 15 is 0 Å². The Morgan fingerprint density at radius 2 is 2.27 bits per heavy atom. The van der Waals surface area contributed by atoms with E-state index in [1.165, 1.54) is 0 Å². The topological polar surface area (TPSA) is 79.2 Å². The van der Waals surface area contributed by atoms with Crippen LogP contribution >= 0.6 is 0 Å². The highest BCUT2D eigenvalue weighted by atomic mass is 32.2. The van der Waals surface area contributed by atoms with Gasteiger partial charge in [0.15, 0.2) is 5.75 Å². The van der Waals surface area contributed by atoms with Crippen LogP contribution in [0.4, 0.5) is 0 Å². The van der Waals surface area contributed by atoms with Gasteiger partial charge in [-0.1, -0.05) is 0 Å². The Balaban J connectivity index is 2.57. The summed E-state index contributed by atoms with van der Waals surface area (Å²) in [6, 6.07) is 1.52. The van der Waals surface area contributed by atoms with Gasteiger partial charge >= 0.3 is 0 Å². The van der Waals surface area contributed by atoms with Gasteiger partial charge in [-0.2, -0.15) is 5.26 Å². The molecule has 0 aromatic rings. The Hall–Kier alpha value is -0.640. The lowest BCUT2D eigenvalue weighted by molar-refractivity contribution is -0.0599. The number of sulfonamides is 1. The minimum Gasteiger partial charge on any atom is -0.375 e. The van der Waals surface area contributed by atoms with Crippen LogP contribution in [0.1, 0.15) is 26.7 Å². The van der Waals surface area contributed by atoms with E-state index in [0.717, 1.165) is 0 Å². The van der Waals surface area contributed by atoms with Gasteiger partial charge < -0.3 is 4.74 Å². The average Bonchev–Trinajstić information content (AvgIpc) is 1.99. The van der Waals surface area contributed by atoms with E-state index in [0.29, 0.717) is 19.4 Å². The fourth-order valence-corrected chi connectivity index (χ4v) is 2.68. The van der Waals surface area contributed by atoms with Crippen molar-refractivity contribution < 1.29 is 13.2 Å². The summed E-state index contributed by atoms with van der Waals surface area (Å²) >= 11 is 0. The molecule has 0 aromatic heterocycles. The summed E-state index contributed by atoms with van der Waals surface area (Å²) in [5, 5.41) is 8.34. The molecule has 0 amide bonds. The third kappa shape index (κ3) is 4.16. The number of nitrogens with one attached hydrogen (secondary N) is 1. The van der Waals surface area contributed by atoms with Crippen LogP contribution in [0.3, 0.4) is 0 Å². The predicted molar refractivity (Wildman–Crippen MR) is 55.6 cm³/mol. The number of hydrogen-bond donors (Lipinski definition) is 1. The first-order chi connectivity index (χ1) is 6.85. The Morgan fingerprint density at radius 3 is 2.80 bits per heavy atom. The second kappa shape index (κ2) is 4.47. The Bertz CT molecular complexity index is 356. The molecule has 5 nitrogen and oxygen atoms in total. The van der Waals surface area contributed by atoms with Gasteiger partial charge in [0, 0.05) is 12.6 Å². The first kappa shape index (κ1) is 12.4. The fourth-order valence-electron chi connectivity index (χ4n) is 1.71. The second-order valence-corrected chi connectivity index (χ2v) is 6.09. The normalized spacial score (nSPS) is 25.8.